The highest BCUT2D eigenvalue weighted by Crippen LogP contribution is 2.15. The Bertz CT molecular complexity index is 908. The molecule has 7 heteroatoms. The summed E-state index contributed by atoms with van der Waals surface area (Å²) >= 11 is 0. The van der Waals surface area contributed by atoms with Gasteiger partial charge in [0.25, 0.3) is 5.56 Å². The van der Waals surface area contributed by atoms with Crippen LogP contribution in [0, 0.1) is 0 Å². The Labute approximate surface area is 172 Å². The van der Waals surface area contributed by atoms with Crippen molar-refractivity contribution in [2.45, 2.75) is 65.1 Å². The Hall–Kier alpha value is -2.41. The number of alkyl carbamates (subject to hydrolysis) is 1. The zero-order valence-corrected chi connectivity index (χ0v) is 17.9. The van der Waals surface area contributed by atoms with E-state index in [0.29, 0.717) is 6.54 Å². The molecule has 1 aliphatic heterocycles. The van der Waals surface area contributed by atoms with E-state index in [-0.39, 0.29) is 17.7 Å². The average Bonchev–Trinajstić information content (AvgIpc) is 2.66. The lowest BCUT2D eigenvalue weighted by Gasteiger charge is -2.33. The predicted molar refractivity (Wildman–Crippen MR) is 114 cm³/mol. The molecule has 0 spiro atoms. The van der Waals surface area contributed by atoms with E-state index < -0.39 is 5.60 Å². The predicted octanol–water partition coefficient (Wildman–Crippen LogP) is 2.95. The number of nitrogens with one attached hydrogen (secondary N) is 1. The standard InChI is InChI=1S/C22H32N4O3/c1-5-16-6-7-18-19(14-16)26(20(27)15-23-18)13-12-25-10-8-17(9-11-25)24-21(28)29-22(2,3)4/h6-7,14-15,17H,5,8-13H2,1-4H3,(H,24,28). The number of nitrogens with zero attached hydrogens (tertiary/aromatic N) is 3. The molecule has 3 rings (SSSR count). The highest BCUT2D eigenvalue weighted by atomic mass is 16.6. The summed E-state index contributed by atoms with van der Waals surface area (Å²) in [5.74, 6) is 0. The summed E-state index contributed by atoms with van der Waals surface area (Å²) in [5.41, 5.74) is 2.41. The van der Waals surface area contributed by atoms with Crippen LogP contribution in [0.5, 0.6) is 0 Å². The number of carbonyl (C=O) groups is 1. The Morgan fingerprint density at radius 2 is 1.97 bits per heavy atom. The molecule has 2 heterocycles. The van der Waals surface area contributed by atoms with Crippen LogP contribution in [-0.4, -0.2) is 51.8 Å². The minimum atomic E-state index is -0.483. The number of benzene rings is 1. The smallest absolute Gasteiger partial charge is 0.407 e. The SMILES string of the molecule is CCc1ccc2ncc(=O)n(CCN3CCC(NC(=O)OC(C)(C)C)CC3)c2c1. The molecule has 1 aliphatic rings. The molecular formula is C22H32N4O3. The van der Waals surface area contributed by atoms with Crippen LogP contribution in [0.3, 0.4) is 0 Å². The molecule has 2 aromatic rings. The zero-order valence-electron chi connectivity index (χ0n) is 17.9. The number of hydrogen-bond donors (Lipinski definition) is 1. The monoisotopic (exact) mass is 400 g/mol. The van der Waals surface area contributed by atoms with E-state index in [2.05, 4.69) is 34.3 Å². The maximum Gasteiger partial charge on any atom is 0.407 e. The van der Waals surface area contributed by atoms with Crippen molar-refractivity contribution in [3.63, 3.8) is 0 Å². The second-order valence-electron chi connectivity index (χ2n) is 8.69. The molecule has 1 aromatic carbocycles. The van der Waals surface area contributed by atoms with Crippen molar-refractivity contribution in [3.8, 4) is 0 Å². The Morgan fingerprint density at radius 1 is 1.24 bits per heavy atom. The van der Waals surface area contributed by atoms with Gasteiger partial charge in [-0.1, -0.05) is 13.0 Å². The molecule has 1 N–H and O–H groups in total. The summed E-state index contributed by atoms with van der Waals surface area (Å²) in [6, 6.07) is 6.25. The molecule has 0 unspecified atom stereocenters. The summed E-state index contributed by atoms with van der Waals surface area (Å²) in [6.45, 7) is 10.9. The van der Waals surface area contributed by atoms with Crippen molar-refractivity contribution in [2.24, 2.45) is 0 Å². The number of aryl methyl sites for hydroxylation is 1. The molecule has 1 amide bonds. The third-order valence-electron chi connectivity index (χ3n) is 5.27. The summed E-state index contributed by atoms with van der Waals surface area (Å²) in [7, 11) is 0. The maximum absolute atomic E-state index is 12.4. The van der Waals surface area contributed by atoms with Gasteiger partial charge >= 0.3 is 6.09 Å². The van der Waals surface area contributed by atoms with Crippen LogP contribution >= 0.6 is 0 Å². The second-order valence-corrected chi connectivity index (χ2v) is 8.69. The van der Waals surface area contributed by atoms with Crippen LogP contribution in [0.1, 0.15) is 46.1 Å². The molecule has 1 saturated heterocycles. The van der Waals surface area contributed by atoms with Gasteiger partial charge in [0.15, 0.2) is 0 Å². The number of likely N-dealkylation sites (tertiary alicyclic amines) is 1. The summed E-state index contributed by atoms with van der Waals surface area (Å²) in [5, 5.41) is 2.96. The van der Waals surface area contributed by atoms with E-state index in [1.54, 1.807) is 0 Å². The lowest BCUT2D eigenvalue weighted by atomic mass is 10.1. The van der Waals surface area contributed by atoms with Crippen LogP contribution < -0.4 is 10.9 Å². The third kappa shape index (κ3) is 5.79. The number of carbonyl (C=O) groups excluding carboxylic acids is 1. The molecule has 0 aliphatic carbocycles. The van der Waals surface area contributed by atoms with Gasteiger partial charge in [-0.15, -0.1) is 0 Å². The Morgan fingerprint density at radius 3 is 2.62 bits per heavy atom. The fourth-order valence-electron chi connectivity index (χ4n) is 3.67. The van der Waals surface area contributed by atoms with Gasteiger partial charge in [-0.3, -0.25) is 4.79 Å². The highest BCUT2D eigenvalue weighted by molar-refractivity contribution is 5.75. The first kappa shape index (κ1) is 21.3. The minimum absolute atomic E-state index is 0.0627. The van der Waals surface area contributed by atoms with Gasteiger partial charge in [0.05, 0.1) is 17.2 Å². The first-order valence-electron chi connectivity index (χ1n) is 10.5. The number of fused-ring (bicyclic) bond motifs is 1. The number of hydrogen-bond acceptors (Lipinski definition) is 5. The van der Waals surface area contributed by atoms with Gasteiger partial charge in [-0.05, 0) is 57.7 Å². The van der Waals surface area contributed by atoms with Gasteiger partial charge < -0.3 is 19.5 Å². The topological polar surface area (TPSA) is 76.5 Å². The van der Waals surface area contributed by atoms with Gasteiger partial charge in [0, 0.05) is 32.2 Å². The lowest BCUT2D eigenvalue weighted by molar-refractivity contribution is 0.0478. The first-order valence-corrected chi connectivity index (χ1v) is 10.5. The van der Waals surface area contributed by atoms with E-state index in [1.165, 1.54) is 11.8 Å². The van der Waals surface area contributed by atoms with Gasteiger partial charge in [0.2, 0.25) is 0 Å². The average molecular weight is 401 g/mol. The summed E-state index contributed by atoms with van der Waals surface area (Å²) in [4.78, 5) is 31.0. The van der Waals surface area contributed by atoms with Crippen LogP contribution in [0.4, 0.5) is 4.79 Å². The zero-order chi connectivity index (χ0) is 21.0. The van der Waals surface area contributed by atoms with Crippen molar-refractivity contribution in [2.75, 3.05) is 19.6 Å². The minimum Gasteiger partial charge on any atom is -0.444 e. The maximum atomic E-state index is 12.4. The van der Waals surface area contributed by atoms with E-state index in [0.717, 1.165) is 49.9 Å². The fourth-order valence-corrected chi connectivity index (χ4v) is 3.67. The normalized spacial score (nSPS) is 16.1. The lowest BCUT2D eigenvalue weighted by Crippen LogP contribution is -2.46. The number of rotatable bonds is 5. The van der Waals surface area contributed by atoms with Crippen LogP contribution in [0.15, 0.2) is 29.2 Å². The Balaban J connectivity index is 1.56. The number of ether oxygens (including phenoxy) is 1. The van der Waals surface area contributed by atoms with Crippen molar-refractivity contribution in [1.82, 2.24) is 19.8 Å². The van der Waals surface area contributed by atoms with Crippen LogP contribution in [-0.2, 0) is 17.7 Å². The van der Waals surface area contributed by atoms with E-state index in [9.17, 15) is 9.59 Å². The molecule has 0 bridgehead atoms. The van der Waals surface area contributed by atoms with Crippen LogP contribution in [0.25, 0.3) is 11.0 Å². The number of amides is 1. The molecule has 1 fully saturated rings. The van der Waals surface area contributed by atoms with Gasteiger partial charge in [-0.2, -0.15) is 0 Å². The first-order chi connectivity index (χ1) is 13.7. The molecule has 0 saturated carbocycles. The van der Waals surface area contributed by atoms with E-state index >= 15 is 0 Å². The Kier molecular flexibility index (Phi) is 6.57. The van der Waals surface area contributed by atoms with Crippen molar-refractivity contribution >= 4 is 17.1 Å². The third-order valence-corrected chi connectivity index (χ3v) is 5.27. The quantitative estimate of drug-likeness (QED) is 0.835. The summed E-state index contributed by atoms with van der Waals surface area (Å²) in [6.07, 6.45) is 3.75. The van der Waals surface area contributed by atoms with Crippen molar-refractivity contribution < 1.29 is 9.53 Å². The molecule has 0 radical (unpaired) electrons. The van der Waals surface area contributed by atoms with Gasteiger partial charge in [0.1, 0.15) is 5.60 Å². The fraction of sp³-hybridized carbons (Fsp3) is 0.591. The largest absolute Gasteiger partial charge is 0.444 e. The van der Waals surface area contributed by atoms with E-state index in [4.69, 9.17) is 4.74 Å². The molecule has 29 heavy (non-hydrogen) atoms. The number of piperidine rings is 1. The number of aromatic nitrogens is 2. The van der Waals surface area contributed by atoms with Crippen molar-refractivity contribution in [1.29, 1.82) is 0 Å². The molecule has 158 valence electrons. The van der Waals surface area contributed by atoms with Crippen LogP contribution in [0.2, 0.25) is 0 Å². The van der Waals surface area contributed by atoms with Gasteiger partial charge in [-0.25, -0.2) is 9.78 Å². The summed E-state index contributed by atoms with van der Waals surface area (Å²) < 4.78 is 7.16. The molecule has 7 nitrogen and oxygen atoms in total. The van der Waals surface area contributed by atoms with Crippen molar-refractivity contribution in [3.05, 3.63) is 40.3 Å². The molecular weight excluding hydrogens is 368 g/mol. The second kappa shape index (κ2) is 8.95. The highest BCUT2D eigenvalue weighted by Gasteiger charge is 2.23. The van der Waals surface area contributed by atoms with E-state index in [1.807, 2.05) is 31.4 Å². The molecule has 1 aromatic heterocycles. The molecule has 0 atom stereocenters.